The number of rotatable bonds is 7. The second kappa shape index (κ2) is 9.84. The van der Waals surface area contributed by atoms with Crippen LogP contribution in [0.15, 0.2) is 0 Å². The van der Waals surface area contributed by atoms with Gasteiger partial charge in [0.25, 0.3) is 0 Å². The summed E-state index contributed by atoms with van der Waals surface area (Å²) >= 11 is 4.14. The van der Waals surface area contributed by atoms with Gasteiger partial charge in [-0.3, -0.25) is 0 Å². The van der Waals surface area contributed by atoms with Crippen LogP contribution in [-0.2, 0) is 0 Å². The Kier molecular flexibility index (Phi) is 9.70. The molecule has 11 heavy (non-hydrogen) atoms. The number of nitrogens with zero attached hydrogens (tertiary/aromatic N) is 1. The molecule has 0 saturated carbocycles. The smallest absolute Gasteiger partial charge is 0.0621 e. The zero-order chi connectivity index (χ0) is 8.36. The fourth-order valence-electron chi connectivity index (χ4n) is 1.02. The zero-order valence-electron chi connectivity index (χ0n) is 7.05. The first-order valence-corrected chi connectivity index (χ1v) is 5.03. The van der Waals surface area contributed by atoms with Crippen LogP contribution in [0, 0.1) is 11.3 Å². The van der Waals surface area contributed by atoms with Gasteiger partial charge in [-0.25, -0.2) is 0 Å². The van der Waals surface area contributed by atoms with E-state index in [1.165, 1.54) is 32.1 Å². The molecule has 0 aromatic heterocycles. The summed E-state index contributed by atoms with van der Waals surface area (Å²) in [6, 6.07) is 2.16. The molecule has 0 bridgehead atoms. The van der Waals surface area contributed by atoms with Crippen LogP contribution in [0.5, 0.6) is 0 Å². The average Bonchev–Trinajstić information content (AvgIpc) is 2.03. The Hall–Kier alpha value is -0.160. The summed E-state index contributed by atoms with van der Waals surface area (Å²) in [6.07, 6.45) is 8.17. The van der Waals surface area contributed by atoms with Crippen LogP contribution in [0.4, 0.5) is 0 Å². The molecule has 0 spiro atoms. The van der Waals surface area contributed by atoms with Crippen molar-refractivity contribution in [2.45, 2.75) is 44.9 Å². The second-order valence-corrected chi connectivity index (χ2v) is 3.20. The first-order chi connectivity index (χ1) is 5.41. The van der Waals surface area contributed by atoms with Gasteiger partial charge in [-0.05, 0) is 18.6 Å². The third kappa shape index (κ3) is 9.84. The van der Waals surface area contributed by atoms with Gasteiger partial charge in [-0.2, -0.15) is 17.9 Å². The fourth-order valence-corrected chi connectivity index (χ4v) is 1.25. The molecule has 0 N–H and O–H groups in total. The first kappa shape index (κ1) is 10.8. The van der Waals surface area contributed by atoms with Crippen LogP contribution in [0.2, 0.25) is 0 Å². The molecule has 0 fully saturated rings. The van der Waals surface area contributed by atoms with E-state index < -0.39 is 0 Å². The molecular weight excluding hydrogens is 154 g/mol. The largest absolute Gasteiger partial charge is 0.198 e. The van der Waals surface area contributed by atoms with Crippen molar-refractivity contribution in [3.63, 3.8) is 0 Å². The van der Waals surface area contributed by atoms with Crippen molar-refractivity contribution in [3.05, 3.63) is 0 Å². The average molecular weight is 171 g/mol. The number of hydrogen-bond donors (Lipinski definition) is 1. The van der Waals surface area contributed by atoms with Crippen molar-refractivity contribution in [2.75, 3.05) is 5.75 Å². The summed E-state index contributed by atoms with van der Waals surface area (Å²) in [5.74, 6) is 1.01. The Morgan fingerprint density at radius 1 is 0.909 bits per heavy atom. The normalized spacial score (nSPS) is 9.45. The maximum atomic E-state index is 8.25. The molecular formula is C9H17NS. The minimum Gasteiger partial charge on any atom is -0.198 e. The van der Waals surface area contributed by atoms with Gasteiger partial charge in [0.2, 0.25) is 0 Å². The van der Waals surface area contributed by atoms with Crippen LogP contribution >= 0.6 is 12.6 Å². The van der Waals surface area contributed by atoms with E-state index in [1.54, 1.807) is 0 Å². The lowest BCUT2D eigenvalue weighted by atomic mass is 10.1. The van der Waals surface area contributed by atoms with Crippen molar-refractivity contribution in [1.82, 2.24) is 0 Å². The van der Waals surface area contributed by atoms with E-state index in [9.17, 15) is 0 Å². The van der Waals surface area contributed by atoms with Crippen molar-refractivity contribution in [2.24, 2.45) is 0 Å². The highest BCUT2D eigenvalue weighted by Gasteiger charge is 1.89. The minimum absolute atomic E-state index is 0.729. The van der Waals surface area contributed by atoms with Gasteiger partial charge in [-0.15, -0.1) is 0 Å². The van der Waals surface area contributed by atoms with Crippen molar-refractivity contribution in [3.8, 4) is 6.07 Å². The van der Waals surface area contributed by atoms with Gasteiger partial charge in [0.05, 0.1) is 6.07 Å². The Morgan fingerprint density at radius 3 is 2.00 bits per heavy atom. The Labute approximate surface area is 75.2 Å². The van der Waals surface area contributed by atoms with Crippen LogP contribution < -0.4 is 0 Å². The zero-order valence-corrected chi connectivity index (χ0v) is 7.95. The molecule has 0 aliphatic rings. The van der Waals surface area contributed by atoms with Gasteiger partial charge in [0, 0.05) is 6.42 Å². The molecule has 0 unspecified atom stereocenters. The van der Waals surface area contributed by atoms with E-state index in [2.05, 4.69) is 18.7 Å². The topological polar surface area (TPSA) is 23.8 Å². The second-order valence-electron chi connectivity index (χ2n) is 2.75. The van der Waals surface area contributed by atoms with Crippen LogP contribution in [0.1, 0.15) is 44.9 Å². The predicted octanol–water partition coefficient (Wildman–Crippen LogP) is 3.17. The molecule has 64 valence electrons. The first-order valence-electron chi connectivity index (χ1n) is 4.39. The van der Waals surface area contributed by atoms with Gasteiger partial charge in [-0.1, -0.05) is 25.7 Å². The highest BCUT2D eigenvalue weighted by molar-refractivity contribution is 7.80. The standard InChI is InChI=1S/C9H17NS/c10-8-6-4-2-1-3-5-7-9-11/h11H,1-7,9H2. The summed E-state index contributed by atoms with van der Waals surface area (Å²) in [5, 5.41) is 8.25. The lowest BCUT2D eigenvalue weighted by Gasteiger charge is -1.97. The van der Waals surface area contributed by atoms with Gasteiger partial charge in [0.15, 0.2) is 0 Å². The van der Waals surface area contributed by atoms with E-state index in [0.29, 0.717) is 0 Å². The maximum Gasteiger partial charge on any atom is 0.0621 e. The van der Waals surface area contributed by atoms with E-state index in [-0.39, 0.29) is 0 Å². The summed E-state index contributed by atoms with van der Waals surface area (Å²) in [4.78, 5) is 0. The van der Waals surface area contributed by atoms with E-state index >= 15 is 0 Å². The Balaban J connectivity index is 2.75. The number of unbranched alkanes of at least 4 members (excludes halogenated alkanes) is 6. The molecule has 0 saturated heterocycles. The van der Waals surface area contributed by atoms with Crippen LogP contribution in [0.25, 0.3) is 0 Å². The van der Waals surface area contributed by atoms with E-state index in [1.807, 2.05) is 0 Å². The summed E-state index contributed by atoms with van der Waals surface area (Å²) in [6.45, 7) is 0. The van der Waals surface area contributed by atoms with Crippen LogP contribution in [-0.4, -0.2) is 5.75 Å². The van der Waals surface area contributed by atoms with Crippen molar-refractivity contribution in [1.29, 1.82) is 5.26 Å². The molecule has 2 heteroatoms. The monoisotopic (exact) mass is 171 g/mol. The highest BCUT2D eigenvalue weighted by Crippen LogP contribution is 2.06. The van der Waals surface area contributed by atoms with E-state index in [0.717, 1.165) is 18.6 Å². The molecule has 0 amide bonds. The highest BCUT2D eigenvalue weighted by atomic mass is 32.1. The van der Waals surface area contributed by atoms with Crippen LogP contribution in [0.3, 0.4) is 0 Å². The molecule has 0 atom stereocenters. The lowest BCUT2D eigenvalue weighted by molar-refractivity contribution is 0.615. The van der Waals surface area contributed by atoms with Gasteiger partial charge in [0.1, 0.15) is 0 Å². The molecule has 0 rings (SSSR count). The molecule has 0 aliphatic heterocycles. The fraction of sp³-hybridized carbons (Fsp3) is 0.889. The molecule has 0 aliphatic carbocycles. The number of hydrogen-bond acceptors (Lipinski definition) is 2. The van der Waals surface area contributed by atoms with Crippen molar-refractivity contribution < 1.29 is 0 Å². The third-order valence-corrected chi connectivity index (χ3v) is 2.01. The maximum absolute atomic E-state index is 8.25. The minimum atomic E-state index is 0.729. The molecule has 1 nitrogen and oxygen atoms in total. The number of thiol groups is 1. The lowest BCUT2D eigenvalue weighted by Crippen LogP contribution is -1.80. The molecule has 0 radical (unpaired) electrons. The third-order valence-electron chi connectivity index (χ3n) is 1.70. The quantitative estimate of drug-likeness (QED) is 0.461. The van der Waals surface area contributed by atoms with Crippen molar-refractivity contribution >= 4 is 12.6 Å². The SMILES string of the molecule is N#CCCCCCCCCS. The predicted molar refractivity (Wildman–Crippen MR) is 51.8 cm³/mol. The van der Waals surface area contributed by atoms with Gasteiger partial charge >= 0.3 is 0 Å². The molecule has 0 heterocycles. The van der Waals surface area contributed by atoms with E-state index in [4.69, 9.17) is 5.26 Å². The van der Waals surface area contributed by atoms with Gasteiger partial charge < -0.3 is 0 Å². The Morgan fingerprint density at radius 2 is 1.45 bits per heavy atom. The molecule has 0 aromatic rings. The number of nitriles is 1. The summed E-state index contributed by atoms with van der Waals surface area (Å²) in [5.41, 5.74) is 0. The Bertz CT molecular complexity index is 107. The summed E-state index contributed by atoms with van der Waals surface area (Å²) in [7, 11) is 0. The summed E-state index contributed by atoms with van der Waals surface area (Å²) < 4.78 is 0. The molecule has 0 aromatic carbocycles.